The molecule has 1 aromatic carbocycles. The Morgan fingerprint density at radius 2 is 1.88 bits per heavy atom. The molecule has 0 bridgehead atoms. The van der Waals surface area contributed by atoms with Crippen molar-refractivity contribution in [2.75, 3.05) is 20.2 Å². The van der Waals surface area contributed by atoms with Gasteiger partial charge in [0.15, 0.2) is 5.78 Å². The van der Waals surface area contributed by atoms with E-state index < -0.39 is 5.97 Å². The minimum absolute atomic E-state index is 0.0375. The van der Waals surface area contributed by atoms with Crippen molar-refractivity contribution in [3.63, 3.8) is 0 Å². The summed E-state index contributed by atoms with van der Waals surface area (Å²) in [5, 5.41) is 2.92. The molecule has 1 amide bonds. The van der Waals surface area contributed by atoms with Gasteiger partial charge in [-0.2, -0.15) is 0 Å². The van der Waals surface area contributed by atoms with Crippen LogP contribution in [0, 0.1) is 12.8 Å². The molecule has 3 rings (SSSR count). The number of carbonyl (C=O) groups excluding carboxylic acids is 3. The maximum Gasteiger partial charge on any atom is 0.339 e. The van der Waals surface area contributed by atoms with Crippen LogP contribution in [0.1, 0.15) is 69.9 Å². The zero-order valence-corrected chi connectivity index (χ0v) is 19.4. The number of methoxy groups -OCH3 is 1. The summed E-state index contributed by atoms with van der Waals surface area (Å²) in [6.45, 7) is 8.98. The van der Waals surface area contributed by atoms with Crippen LogP contribution in [-0.2, 0) is 29.0 Å². The Morgan fingerprint density at radius 3 is 2.53 bits per heavy atom. The van der Waals surface area contributed by atoms with Crippen molar-refractivity contribution in [1.29, 1.82) is 0 Å². The Morgan fingerprint density at radius 1 is 1.19 bits per heavy atom. The van der Waals surface area contributed by atoms with Crippen LogP contribution in [0.4, 0.5) is 0 Å². The lowest BCUT2D eigenvalue weighted by Gasteiger charge is -2.30. The van der Waals surface area contributed by atoms with Gasteiger partial charge >= 0.3 is 5.97 Å². The number of hydrogen-bond donors (Lipinski definition) is 2. The number of aromatic nitrogens is 1. The summed E-state index contributed by atoms with van der Waals surface area (Å²) >= 11 is 0. The highest BCUT2D eigenvalue weighted by atomic mass is 16.5. The summed E-state index contributed by atoms with van der Waals surface area (Å²) in [6.07, 6.45) is 2.45. The highest BCUT2D eigenvalue weighted by Gasteiger charge is 2.24. The van der Waals surface area contributed by atoms with E-state index in [0.29, 0.717) is 23.5 Å². The van der Waals surface area contributed by atoms with Crippen molar-refractivity contribution in [3.05, 3.63) is 57.9 Å². The van der Waals surface area contributed by atoms with Gasteiger partial charge in [-0.25, -0.2) is 4.79 Å². The summed E-state index contributed by atoms with van der Waals surface area (Å²) in [7, 11) is 1.28. The van der Waals surface area contributed by atoms with Crippen LogP contribution < -0.4 is 5.32 Å². The summed E-state index contributed by atoms with van der Waals surface area (Å²) in [4.78, 5) is 42.0. The summed E-state index contributed by atoms with van der Waals surface area (Å²) in [6, 6.07) is 8.27. The van der Waals surface area contributed by atoms with E-state index in [2.05, 4.69) is 34.3 Å². The number of ketones is 1. The molecule has 1 saturated heterocycles. The monoisotopic (exact) mass is 439 g/mol. The van der Waals surface area contributed by atoms with E-state index >= 15 is 0 Å². The lowest BCUT2D eigenvalue weighted by Crippen LogP contribution is -2.32. The Kier molecular flexibility index (Phi) is 7.85. The number of nitrogens with zero attached hydrogens (tertiary/aromatic N) is 1. The third-order valence-electron chi connectivity index (χ3n) is 6.17. The molecule has 0 atom stereocenters. The molecule has 172 valence electrons. The largest absolute Gasteiger partial charge is 0.465 e. The highest BCUT2D eigenvalue weighted by Crippen LogP contribution is 2.21. The first-order valence-electron chi connectivity index (χ1n) is 11.2. The third kappa shape index (κ3) is 5.85. The molecule has 1 aliphatic rings. The lowest BCUT2D eigenvalue weighted by atomic mass is 9.98. The number of hydrogen-bond acceptors (Lipinski definition) is 5. The van der Waals surface area contributed by atoms with Crippen LogP contribution in [0.5, 0.6) is 0 Å². The second-order valence-corrected chi connectivity index (χ2v) is 8.76. The minimum atomic E-state index is -0.561. The fraction of sp³-hybridized carbons (Fsp3) is 0.480. The molecular formula is C25H33N3O4. The van der Waals surface area contributed by atoms with Gasteiger partial charge in [0.25, 0.3) is 0 Å². The van der Waals surface area contributed by atoms with Gasteiger partial charge in [0.2, 0.25) is 5.91 Å². The van der Waals surface area contributed by atoms with Gasteiger partial charge in [-0.05, 0) is 55.5 Å². The van der Waals surface area contributed by atoms with E-state index in [0.717, 1.165) is 31.1 Å². The standard InChI is InChI=1S/C25H33N3O4/c1-16-8-10-28(11-9-16)15-20-7-5-6-19(12-20)14-26-22(30)13-21-23(25(31)32-4)17(2)24(27-21)18(3)29/h5-7,12,16,27H,8-11,13-15H2,1-4H3,(H,26,30). The molecule has 0 aliphatic carbocycles. The van der Waals surface area contributed by atoms with E-state index in [-0.39, 0.29) is 23.7 Å². The fourth-order valence-corrected chi connectivity index (χ4v) is 4.26. The van der Waals surface area contributed by atoms with E-state index in [4.69, 9.17) is 4.74 Å². The molecule has 0 radical (unpaired) electrons. The van der Waals surface area contributed by atoms with Crippen molar-refractivity contribution in [3.8, 4) is 0 Å². The quantitative estimate of drug-likeness (QED) is 0.486. The zero-order valence-electron chi connectivity index (χ0n) is 19.4. The number of carbonyl (C=O) groups is 3. The van der Waals surface area contributed by atoms with E-state index in [1.54, 1.807) is 6.92 Å². The fourth-order valence-electron chi connectivity index (χ4n) is 4.26. The normalized spacial score (nSPS) is 14.9. The number of benzene rings is 1. The van der Waals surface area contributed by atoms with Crippen LogP contribution >= 0.6 is 0 Å². The lowest BCUT2D eigenvalue weighted by molar-refractivity contribution is -0.120. The number of likely N-dealkylation sites (tertiary alicyclic amines) is 1. The van der Waals surface area contributed by atoms with Gasteiger partial charge in [-0.1, -0.05) is 31.2 Å². The predicted octanol–water partition coefficient (Wildman–Crippen LogP) is 3.40. The van der Waals surface area contributed by atoms with Crippen LogP contribution in [0.2, 0.25) is 0 Å². The van der Waals surface area contributed by atoms with E-state index in [9.17, 15) is 14.4 Å². The van der Waals surface area contributed by atoms with Crippen LogP contribution in [0.15, 0.2) is 24.3 Å². The number of esters is 1. The molecule has 0 spiro atoms. The molecule has 7 heteroatoms. The number of amides is 1. The first-order chi connectivity index (χ1) is 15.3. The van der Waals surface area contributed by atoms with Gasteiger partial charge < -0.3 is 15.0 Å². The van der Waals surface area contributed by atoms with Crippen LogP contribution in [0.3, 0.4) is 0 Å². The number of aromatic amines is 1. The van der Waals surface area contributed by atoms with Gasteiger partial charge in [0.1, 0.15) is 0 Å². The van der Waals surface area contributed by atoms with Crippen LogP contribution in [-0.4, -0.2) is 47.7 Å². The Bertz CT molecular complexity index is 987. The molecule has 32 heavy (non-hydrogen) atoms. The van der Waals surface area contributed by atoms with Crippen molar-refractivity contribution in [1.82, 2.24) is 15.2 Å². The number of nitrogens with one attached hydrogen (secondary N) is 2. The first kappa shape index (κ1) is 23.7. The molecule has 2 N–H and O–H groups in total. The molecule has 0 saturated carbocycles. The maximum absolute atomic E-state index is 12.6. The summed E-state index contributed by atoms with van der Waals surface area (Å²) in [5.41, 5.74) is 3.75. The summed E-state index contributed by atoms with van der Waals surface area (Å²) in [5.74, 6) is -0.183. The molecule has 2 aromatic rings. The number of piperidine rings is 1. The van der Waals surface area contributed by atoms with Gasteiger partial charge in [0.05, 0.1) is 24.8 Å². The zero-order chi connectivity index (χ0) is 23.3. The molecular weight excluding hydrogens is 406 g/mol. The number of ether oxygens (including phenoxy) is 1. The Balaban J connectivity index is 1.61. The van der Waals surface area contributed by atoms with Crippen LogP contribution in [0.25, 0.3) is 0 Å². The topological polar surface area (TPSA) is 91.5 Å². The number of H-pyrrole nitrogens is 1. The number of Topliss-reactive ketones (excluding diaryl/α,β-unsaturated/α-hetero) is 1. The summed E-state index contributed by atoms with van der Waals surface area (Å²) < 4.78 is 4.84. The maximum atomic E-state index is 12.6. The van der Waals surface area contributed by atoms with Crippen molar-refractivity contribution in [2.45, 2.75) is 53.1 Å². The molecule has 0 unspecified atom stereocenters. The van der Waals surface area contributed by atoms with Crippen molar-refractivity contribution < 1.29 is 19.1 Å². The van der Waals surface area contributed by atoms with Crippen molar-refractivity contribution >= 4 is 17.7 Å². The number of rotatable bonds is 8. The molecule has 1 aliphatic heterocycles. The Hall–Kier alpha value is -2.93. The third-order valence-corrected chi connectivity index (χ3v) is 6.17. The second-order valence-electron chi connectivity index (χ2n) is 8.76. The molecule has 1 fully saturated rings. The average molecular weight is 440 g/mol. The van der Waals surface area contributed by atoms with E-state index in [1.165, 1.54) is 32.4 Å². The average Bonchev–Trinajstić information content (AvgIpc) is 3.09. The first-order valence-corrected chi connectivity index (χ1v) is 11.2. The molecule has 1 aromatic heterocycles. The van der Waals surface area contributed by atoms with Gasteiger partial charge in [0, 0.05) is 25.7 Å². The SMILES string of the molecule is COC(=O)c1c(CC(=O)NCc2cccc(CN3CCC(C)CC3)c2)[nH]c(C(C)=O)c1C. The van der Waals surface area contributed by atoms with Gasteiger partial charge in [-0.3, -0.25) is 14.5 Å². The molecule has 7 nitrogen and oxygen atoms in total. The second kappa shape index (κ2) is 10.6. The molecule has 2 heterocycles. The van der Waals surface area contributed by atoms with Crippen molar-refractivity contribution in [2.24, 2.45) is 5.92 Å². The predicted molar refractivity (Wildman–Crippen MR) is 123 cm³/mol. The smallest absolute Gasteiger partial charge is 0.339 e. The van der Waals surface area contributed by atoms with Gasteiger partial charge in [-0.15, -0.1) is 0 Å². The van der Waals surface area contributed by atoms with E-state index in [1.807, 2.05) is 12.1 Å². The Labute approximate surface area is 189 Å². The minimum Gasteiger partial charge on any atom is -0.465 e. The highest BCUT2D eigenvalue weighted by molar-refractivity contribution is 6.01.